The molecule has 0 aliphatic carbocycles. The summed E-state index contributed by atoms with van der Waals surface area (Å²) in [5, 5.41) is 3.90. The van der Waals surface area contributed by atoms with E-state index in [-0.39, 0.29) is 17.7 Å². The summed E-state index contributed by atoms with van der Waals surface area (Å²) in [6, 6.07) is 21.2. The molecule has 5 rings (SSSR count). The lowest BCUT2D eigenvalue weighted by atomic mass is 10.0. The van der Waals surface area contributed by atoms with E-state index in [1.54, 1.807) is 12.1 Å². The van der Waals surface area contributed by atoms with Crippen molar-refractivity contribution in [1.82, 2.24) is 4.90 Å². The highest BCUT2D eigenvalue weighted by Crippen LogP contribution is 2.40. The van der Waals surface area contributed by atoms with Crippen LogP contribution < -0.4 is 5.32 Å². The van der Waals surface area contributed by atoms with Crippen LogP contribution >= 0.6 is 0 Å². The molecule has 3 heterocycles. The monoisotopic (exact) mass is 402 g/mol. The first-order chi connectivity index (χ1) is 14.8. The zero-order chi connectivity index (χ0) is 20.3. The number of morpholine rings is 1. The van der Waals surface area contributed by atoms with Gasteiger partial charge in [0.1, 0.15) is 11.3 Å². The highest BCUT2D eigenvalue weighted by molar-refractivity contribution is 6.08. The van der Waals surface area contributed by atoms with E-state index in [2.05, 4.69) is 22.3 Å². The van der Waals surface area contributed by atoms with Gasteiger partial charge in [0.25, 0.3) is 5.91 Å². The van der Waals surface area contributed by atoms with Gasteiger partial charge in [-0.2, -0.15) is 0 Å². The number of carbonyl (C=O) groups excluding carboxylic acids is 1. The summed E-state index contributed by atoms with van der Waals surface area (Å²) in [7, 11) is 0. The topological polar surface area (TPSA) is 67.9 Å². The number of para-hydroxylation sites is 1. The van der Waals surface area contributed by atoms with Gasteiger partial charge in [-0.25, -0.2) is 0 Å². The molecule has 6 nitrogen and oxygen atoms in total. The molecule has 1 amide bonds. The molecule has 2 aromatic carbocycles. The number of furan rings is 2. The highest BCUT2D eigenvalue weighted by atomic mass is 16.5. The first kappa shape index (κ1) is 18.7. The van der Waals surface area contributed by atoms with Gasteiger partial charge in [0, 0.05) is 18.5 Å². The van der Waals surface area contributed by atoms with Gasteiger partial charge in [-0.05, 0) is 29.8 Å². The molecule has 0 spiro atoms. The Bertz CT molecular complexity index is 1130. The van der Waals surface area contributed by atoms with Gasteiger partial charge in [-0.3, -0.25) is 9.69 Å². The van der Waals surface area contributed by atoms with Crippen LogP contribution in [0.2, 0.25) is 0 Å². The molecule has 1 saturated heterocycles. The number of hydrogen-bond acceptors (Lipinski definition) is 5. The summed E-state index contributed by atoms with van der Waals surface area (Å²) in [6.07, 6.45) is 1.49. The molecule has 0 unspecified atom stereocenters. The zero-order valence-electron chi connectivity index (χ0n) is 16.4. The van der Waals surface area contributed by atoms with Crippen molar-refractivity contribution in [1.29, 1.82) is 0 Å². The smallest absolute Gasteiger partial charge is 0.291 e. The van der Waals surface area contributed by atoms with Gasteiger partial charge in [-0.1, -0.05) is 42.5 Å². The number of nitrogens with one attached hydrogen (secondary N) is 1. The number of amides is 1. The Hall–Kier alpha value is -3.35. The lowest BCUT2D eigenvalue weighted by Crippen LogP contribution is -2.39. The third-order valence-corrected chi connectivity index (χ3v) is 5.38. The molecule has 0 radical (unpaired) electrons. The van der Waals surface area contributed by atoms with Crippen LogP contribution in [-0.2, 0) is 4.74 Å². The molecule has 0 saturated carbocycles. The minimum atomic E-state index is -0.304. The van der Waals surface area contributed by atoms with Crippen LogP contribution in [0.5, 0.6) is 0 Å². The first-order valence-corrected chi connectivity index (χ1v) is 10.0. The van der Waals surface area contributed by atoms with E-state index < -0.39 is 0 Å². The van der Waals surface area contributed by atoms with E-state index in [1.807, 2.05) is 42.5 Å². The number of hydrogen-bond donors (Lipinski definition) is 1. The summed E-state index contributed by atoms with van der Waals surface area (Å²) in [6.45, 7) is 2.89. The number of anilines is 1. The second-order valence-electron chi connectivity index (χ2n) is 7.23. The standard InChI is InChI=1S/C24H22N2O4/c27-24(20-11-6-14-29-20)25-21-18-9-4-5-10-19(18)30-23(21)22(17-7-2-1-3-8-17)26-12-15-28-16-13-26/h1-11,14,22H,12-13,15-16H2,(H,25,27)/t22-/m1/s1. The van der Waals surface area contributed by atoms with E-state index in [1.165, 1.54) is 6.26 Å². The quantitative estimate of drug-likeness (QED) is 0.524. The molecule has 1 aliphatic rings. The van der Waals surface area contributed by atoms with Crippen LogP contribution in [0.15, 0.2) is 81.8 Å². The lowest BCUT2D eigenvalue weighted by Gasteiger charge is -2.34. The molecule has 1 aliphatic heterocycles. The van der Waals surface area contributed by atoms with Gasteiger partial charge in [0.2, 0.25) is 0 Å². The van der Waals surface area contributed by atoms with Crippen molar-refractivity contribution in [3.63, 3.8) is 0 Å². The summed E-state index contributed by atoms with van der Waals surface area (Å²) < 4.78 is 17.2. The van der Waals surface area contributed by atoms with Crippen molar-refractivity contribution >= 4 is 22.6 Å². The highest BCUT2D eigenvalue weighted by Gasteiger charge is 2.31. The molecule has 0 bridgehead atoms. The largest absolute Gasteiger partial charge is 0.459 e. The molecule has 152 valence electrons. The average Bonchev–Trinajstić information content (AvgIpc) is 3.45. The summed E-state index contributed by atoms with van der Waals surface area (Å²) in [5.41, 5.74) is 2.51. The number of nitrogens with zero attached hydrogens (tertiary/aromatic N) is 1. The number of carbonyl (C=O) groups is 1. The molecule has 1 fully saturated rings. The fraction of sp³-hybridized carbons (Fsp3) is 0.208. The molecular formula is C24H22N2O4. The fourth-order valence-electron chi connectivity index (χ4n) is 3.97. The second-order valence-corrected chi connectivity index (χ2v) is 7.23. The Balaban J connectivity index is 1.64. The Morgan fingerprint density at radius 1 is 0.933 bits per heavy atom. The molecule has 1 N–H and O–H groups in total. The summed E-state index contributed by atoms with van der Waals surface area (Å²) >= 11 is 0. The molecule has 4 aromatic rings. The Labute approximate surface area is 174 Å². The predicted molar refractivity (Wildman–Crippen MR) is 114 cm³/mol. The fourth-order valence-corrected chi connectivity index (χ4v) is 3.97. The van der Waals surface area contributed by atoms with E-state index in [0.717, 1.165) is 29.6 Å². The van der Waals surface area contributed by atoms with E-state index in [9.17, 15) is 4.79 Å². The predicted octanol–water partition coefficient (Wildman–Crippen LogP) is 4.70. The Kier molecular flexibility index (Phi) is 5.09. The van der Waals surface area contributed by atoms with Crippen LogP contribution in [0.3, 0.4) is 0 Å². The normalized spacial score (nSPS) is 15.9. The van der Waals surface area contributed by atoms with Gasteiger partial charge in [-0.15, -0.1) is 0 Å². The van der Waals surface area contributed by atoms with E-state index in [4.69, 9.17) is 13.6 Å². The third-order valence-electron chi connectivity index (χ3n) is 5.38. The first-order valence-electron chi connectivity index (χ1n) is 10.0. The molecule has 30 heavy (non-hydrogen) atoms. The van der Waals surface area contributed by atoms with Crippen molar-refractivity contribution < 1.29 is 18.4 Å². The lowest BCUT2D eigenvalue weighted by molar-refractivity contribution is 0.0206. The van der Waals surface area contributed by atoms with Crippen LogP contribution in [0.25, 0.3) is 11.0 Å². The number of ether oxygens (including phenoxy) is 1. The van der Waals surface area contributed by atoms with E-state index >= 15 is 0 Å². The van der Waals surface area contributed by atoms with Gasteiger partial charge < -0.3 is 18.9 Å². The Morgan fingerprint density at radius 2 is 1.70 bits per heavy atom. The van der Waals surface area contributed by atoms with Gasteiger partial charge in [0.05, 0.1) is 31.2 Å². The minimum Gasteiger partial charge on any atom is -0.459 e. The third kappa shape index (κ3) is 3.51. The van der Waals surface area contributed by atoms with Crippen LogP contribution in [-0.4, -0.2) is 37.1 Å². The van der Waals surface area contributed by atoms with Crippen LogP contribution in [0.4, 0.5) is 5.69 Å². The van der Waals surface area contributed by atoms with Crippen LogP contribution in [0, 0.1) is 0 Å². The van der Waals surface area contributed by atoms with Gasteiger partial charge in [0.15, 0.2) is 5.76 Å². The SMILES string of the molecule is O=C(Nc1c([C@@H](c2ccccc2)N2CCOCC2)oc2ccccc12)c1ccco1. The average molecular weight is 402 g/mol. The molecule has 2 aromatic heterocycles. The van der Waals surface area contributed by atoms with Crippen molar-refractivity contribution in [3.05, 3.63) is 90.1 Å². The molecule has 1 atom stereocenters. The summed E-state index contributed by atoms with van der Waals surface area (Å²) in [4.78, 5) is 15.2. The van der Waals surface area contributed by atoms with Crippen LogP contribution in [0.1, 0.15) is 27.9 Å². The second kappa shape index (κ2) is 8.18. The Morgan fingerprint density at radius 3 is 2.47 bits per heavy atom. The number of fused-ring (bicyclic) bond motifs is 1. The maximum Gasteiger partial charge on any atom is 0.291 e. The van der Waals surface area contributed by atoms with Crippen molar-refractivity contribution in [2.75, 3.05) is 31.6 Å². The van der Waals surface area contributed by atoms with E-state index in [0.29, 0.717) is 24.7 Å². The maximum absolute atomic E-state index is 12.8. The van der Waals surface area contributed by atoms with Crippen molar-refractivity contribution in [2.24, 2.45) is 0 Å². The molecule has 6 heteroatoms. The summed E-state index contributed by atoms with van der Waals surface area (Å²) in [5.74, 6) is 0.666. The van der Waals surface area contributed by atoms with Crippen molar-refractivity contribution in [3.8, 4) is 0 Å². The minimum absolute atomic E-state index is 0.144. The maximum atomic E-state index is 12.8. The van der Waals surface area contributed by atoms with Gasteiger partial charge >= 0.3 is 0 Å². The number of rotatable bonds is 5. The van der Waals surface area contributed by atoms with Crippen molar-refractivity contribution in [2.45, 2.75) is 6.04 Å². The zero-order valence-corrected chi connectivity index (χ0v) is 16.4. The molecular weight excluding hydrogens is 380 g/mol. The number of benzene rings is 2.